The molecule has 14 heavy (non-hydrogen) atoms. The van der Waals surface area contributed by atoms with Crippen LogP contribution in [0, 0.1) is 11.7 Å². The molecule has 1 aromatic rings. The summed E-state index contributed by atoms with van der Waals surface area (Å²) in [7, 11) is 0. The van der Waals surface area contributed by atoms with Crippen LogP contribution in [0.2, 0.25) is 0 Å². The van der Waals surface area contributed by atoms with E-state index in [1.807, 2.05) is 0 Å². The highest BCUT2D eigenvalue weighted by Gasteiger charge is 2.23. The Morgan fingerprint density at radius 2 is 2.21 bits per heavy atom. The molecule has 0 amide bonds. The highest BCUT2D eigenvalue weighted by molar-refractivity contribution is 9.10. The van der Waals surface area contributed by atoms with Gasteiger partial charge in [-0.15, -0.1) is 0 Å². The molecule has 1 fully saturated rings. The number of hydrogen-bond acceptors (Lipinski definition) is 2. The van der Waals surface area contributed by atoms with Crippen LogP contribution in [0.25, 0.3) is 0 Å². The second-order valence-corrected chi connectivity index (χ2v) is 4.48. The molecular formula is C10H11BrFNO. The quantitative estimate of drug-likeness (QED) is 0.848. The van der Waals surface area contributed by atoms with Crippen molar-refractivity contribution in [2.45, 2.75) is 12.8 Å². The van der Waals surface area contributed by atoms with Gasteiger partial charge in [0.25, 0.3) is 0 Å². The van der Waals surface area contributed by atoms with E-state index in [1.54, 1.807) is 6.07 Å². The maximum atomic E-state index is 13.3. The topological polar surface area (TPSA) is 35.2 Å². The van der Waals surface area contributed by atoms with Gasteiger partial charge >= 0.3 is 0 Å². The Morgan fingerprint density at radius 3 is 2.79 bits per heavy atom. The lowest BCUT2D eigenvalue weighted by molar-refractivity contribution is 0.287. The van der Waals surface area contributed by atoms with Gasteiger partial charge in [0.15, 0.2) is 11.6 Å². The van der Waals surface area contributed by atoms with E-state index in [4.69, 9.17) is 10.5 Å². The number of nitrogen functional groups attached to an aromatic ring is 1. The van der Waals surface area contributed by atoms with Crippen LogP contribution in [-0.4, -0.2) is 6.61 Å². The largest absolute Gasteiger partial charge is 0.488 e. The zero-order valence-electron chi connectivity index (χ0n) is 7.59. The third-order valence-electron chi connectivity index (χ3n) is 2.20. The molecule has 0 aromatic heterocycles. The smallest absolute Gasteiger partial charge is 0.177 e. The summed E-state index contributed by atoms with van der Waals surface area (Å²) in [5, 5.41) is 0. The molecule has 76 valence electrons. The van der Waals surface area contributed by atoms with Crippen molar-refractivity contribution in [3.8, 4) is 5.75 Å². The summed E-state index contributed by atoms with van der Waals surface area (Å²) in [5.41, 5.74) is 5.98. The van der Waals surface area contributed by atoms with E-state index in [0.29, 0.717) is 22.7 Å². The molecule has 0 radical (unpaired) electrons. The molecule has 2 N–H and O–H groups in total. The third kappa shape index (κ3) is 2.18. The Hall–Kier alpha value is -0.770. The molecule has 1 aliphatic rings. The summed E-state index contributed by atoms with van der Waals surface area (Å²) in [6.07, 6.45) is 2.36. The number of halogens is 2. The monoisotopic (exact) mass is 259 g/mol. The second kappa shape index (κ2) is 3.77. The summed E-state index contributed by atoms with van der Waals surface area (Å²) in [4.78, 5) is 0. The molecule has 1 aliphatic carbocycles. The minimum Gasteiger partial charge on any atom is -0.488 e. The van der Waals surface area contributed by atoms with E-state index < -0.39 is 5.82 Å². The van der Waals surface area contributed by atoms with Crippen LogP contribution in [0.3, 0.4) is 0 Å². The molecule has 2 nitrogen and oxygen atoms in total. The molecule has 0 heterocycles. The number of ether oxygens (including phenoxy) is 1. The summed E-state index contributed by atoms with van der Waals surface area (Å²) in [6.45, 7) is 0.572. The molecule has 0 spiro atoms. The normalized spacial score (nSPS) is 15.6. The van der Waals surface area contributed by atoms with Gasteiger partial charge in [0.1, 0.15) is 0 Å². The minimum atomic E-state index is -0.405. The molecule has 1 aromatic carbocycles. The molecular weight excluding hydrogens is 249 g/mol. The summed E-state index contributed by atoms with van der Waals surface area (Å²) in [5.74, 6) is 0.370. The fourth-order valence-electron chi connectivity index (χ4n) is 1.22. The first-order valence-electron chi connectivity index (χ1n) is 4.54. The summed E-state index contributed by atoms with van der Waals surface area (Å²) >= 11 is 3.16. The van der Waals surface area contributed by atoms with Gasteiger partial charge in [0.05, 0.1) is 12.3 Å². The van der Waals surface area contributed by atoms with Gasteiger partial charge in [-0.1, -0.05) is 15.9 Å². The number of rotatable bonds is 3. The van der Waals surface area contributed by atoms with Crippen molar-refractivity contribution in [2.75, 3.05) is 12.3 Å². The van der Waals surface area contributed by atoms with Gasteiger partial charge in [0, 0.05) is 4.47 Å². The lowest BCUT2D eigenvalue weighted by Crippen LogP contribution is -2.03. The highest BCUT2D eigenvalue weighted by Crippen LogP contribution is 2.33. The van der Waals surface area contributed by atoms with Crippen LogP contribution >= 0.6 is 15.9 Å². The molecule has 1 saturated carbocycles. The van der Waals surface area contributed by atoms with Crippen molar-refractivity contribution < 1.29 is 9.13 Å². The van der Waals surface area contributed by atoms with Crippen LogP contribution < -0.4 is 10.5 Å². The van der Waals surface area contributed by atoms with E-state index in [1.165, 1.54) is 18.9 Å². The van der Waals surface area contributed by atoms with Crippen molar-refractivity contribution in [3.63, 3.8) is 0 Å². The number of anilines is 1. The van der Waals surface area contributed by atoms with Crippen LogP contribution in [0.5, 0.6) is 5.75 Å². The van der Waals surface area contributed by atoms with E-state index in [9.17, 15) is 4.39 Å². The van der Waals surface area contributed by atoms with Gasteiger partial charge in [-0.2, -0.15) is 0 Å². The summed E-state index contributed by atoms with van der Waals surface area (Å²) in [6, 6.07) is 3.00. The van der Waals surface area contributed by atoms with Gasteiger partial charge in [-0.05, 0) is 30.9 Å². The Kier molecular flexibility index (Phi) is 2.63. The predicted octanol–water partition coefficient (Wildman–Crippen LogP) is 2.96. The Labute approximate surface area is 90.4 Å². The second-order valence-electron chi connectivity index (χ2n) is 3.56. The van der Waals surface area contributed by atoms with E-state index >= 15 is 0 Å². The lowest BCUT2D eigenvalue weighted by atomic mass is 10.3. The zero-order chi connectivity index (χ0) is 10.1. The molecule has 2 rings (SSSR count). The molecule has 4 heteroatoms. The number of hydrogen-bond donors (Lipinski definition) is 1. The van der Waals surface area contributed by atoms with Gasteiger partial charge in [0.2, 0.25) is 0 Å². The van der Waals surface area contributed by atoms with Crippen LogP contribution in [-0.2, 0) is 0 Å². The Morgan fingerprint density at radius 1 is 1.50 bits per heavy atom. The van der Waals surface area contributed by atoms with E-state index in [-0.39, 0.29) is 5.75 Å². The van der Waals surface area contributed by atoms with Gasteiger partial charge in [-0.3, -0.25) is 0 Å². The molecule has 0 unspecified atom stereocenters. The molecule has 0 atom stereocenters. The van der Waals surface area contributed by atoms with E-state index in [2.05, 4.69) is 15.9 Å². The number of nitrogens with two attached hydrogens (primary N) is 1. The van der Waals surface area contributed by atoms with Crippen molar-refractivity contribution in [1.29, 1.82) is 0 Å². The van der Waals surface area contributed by atoms with Crippen molar-refractivity contribution in [3.05, 3.63) is 22.4 Å². The fourth-order valence-corrected chi connectivity index (χ4v) is 1.67. The number of benzene rings is 1. The van der Waals surface area contributed by atoms with Crippen LogP contribution in [0.15, 0.2) is 16.6 Å². The fraction of sp³-hybridized carbons (Fsp3) is 0.400. The third-order valence-corrected chi connectivity index (χ3v) is 2.66. The van der Waals surface area contributed by atoms with Gasteiger partial charge in [-0.25, -0.2) is 4.39 Å². The van der Waals surface area contributed by atoms with Crippen LogP contribution in [0.1, 0.15) is 12.8 Å². The maximum absolute atomic E-state index is 13.3. The predicted molar refractivity (Wildman–Crippen MR) is 56.7 cm³/mol. The first kappa shape index (κ1) is 9.77. The maximum Gasteiger partial charge on any atom is 0.177 e. The van der Waals surface area contributed by atoms with Crippen LogP contribution in [0.4, 0.5) is 10.1 Å². The van der Waals surface area contributed by atoms with Crippen molar-refractivity contribution in [1.82, 2.24) is 0 Å². The summed E-state index contributed by atoms with van der Waals surface area (Å²) < 4.78 is 19.3. The molecule has 0 saturated heterocycles. The highest BCUT2D eigenvalue weighted by atomic mass is 79.9. The minimum absolute atomic E-state index is 0.181. The van der Waals surface area contributed by atoms with Crippen molar-refractivity contribution in [2.24, 2.45) is 5.92 Å². The average Bonchev–Trinajstić information content (AvgIpc) is 2.85. The lowest BCUT2D eigenvalue weighted by Gasteiger charge is -2.09. The van der Waals surface area contributed by atoms with Crippen molar-refractivity contribution >= 4 is 21.6 Å². The standard InChI is InChI=1S/C10H11BrFNO/c11-7-3-8(12)10(9(13)4-7)14-5-6-1-2-6/h3-4,6H,1-2,5,13H2. The Balaban J connectivity index is 2.13. The first-order valence-corrected chi connectivity index (χ1v) is 5.33. The van der Waals surface area contributed by atoms with E-state index in [0.717, 1.165) is 0 Å². The zero-order valence-corrected chi connectivity index (χ0v) is 9.18. The first-order chi connectivity index (χ1) is 6.66. The molecule has 0 aliphatic heterocycles. The SMILES string of the molecule is Nc1cc(Br)cc(F)c1OCC1CC1. The van der Waals surface area contributed by atoms with Gasteiger partial charge < -0.3 is 10.5 Å². The Bertz CT molecular complexity index is 329. The molecule has 0 bridgehead atoms. The average molecular weight is 260 g/mol.